The molecular formula is C15H16BrNO3. The monoisotopic (exact) mass is 337 g/mol. The van der Waals surface area contributed by atoms with E-state index >= 15 is 0 Å². The van der Waals surface area contributed by atoms with Crippen LogP contribution in [-0.2, 0) is 6.42 Å². The highest BCUT2D eigenvalue weighted by atomic mass is 79.9. The molecule has 0 bridgehead atoms. The van der Waals surface area contributed by atoms with Crippen LogP contribution in [0.2, 0.25) is 0 Å². The van der Waals surface area contributed by atoms with Gasteiger partial charge in [-0.2, -0.15) is 0 Å². The number of methoxy groups -OCH3 is 1. The number of rotatable bonds is 5. The van der Waals surface area contributed by atoms with Crippen molar-refractivity contribution in [3.05, 3.63) is 52.4 Å². The average Bonchev–Trinajstić information content (AvgIpc) is 2.91. The van der Waals surface area contributed by atoms with Crippen LogP contribution in [0.5, 0.6) is 5.75 Å². The van der Waals surface area contributed by atoms with Crippen LogP contribution < -0.4 is 10.1 Å². The first-order valence-corrected chi connectivity index (χ1v) is 7.05. The van der Waals surface area contributed by atoms with Crippen LogP contribution in [0.4, 0.5) is 0 Å². The van der Waals surface area contributed by atoms with Crippen molar-refractivity contribution in [2.75, 3.05) is 7.11 Å². The number of ether oxygens (including phenoxy) is 1. The fraction of sp³-hybridized carbons (Fsp3) is 0.267. The number of hydrogen-bond acceptors (Lipinski definition) is 3. The minimum Gasteiger partial charge on any atom is -0.497 e. The molecule has 0 aliphatic heterocycles. The molecule has 4 nitrogen and oxygen atoms in total. The van der Waals surface area contributed by atoms with E-state index in [9.17, 15) is 4.79 Å². The second kappa shape index (κ2) is 6.61. The predicted molar refractivity (Wildman–Crippen MR) is 80.0 cm³/mol. The molecule has 0 fully saturated rings. The summed E-state index contributed by atoms with van der Waals surface area (Å²) in [6.07, 6.45) is 4.04. The Morgan fingerprint density at radius 1 is 1.45 bits per heavy atom. The average molecular weight is 338 g/mol. The number of amides is 1. The second-order valence-corrected chi connectivity index (χ2v) is 5.41. The fourth-order valence-corrected chi connectivity index (χ4v) is 2.35. The highest BCUT2D eigenvalue weighted by molar-refractivity contribution is 9.10. The molecule has 1 aromatic carbocycles. The van der Waals surface area contributed by atoms with E-state index in [-0.39, 0.29) is 11.9 Å². The highest BCUT2D eigenvalue weighted by Gasteiger charge is 2.14. The van der Waals surface area contributed by atoms with Crippen molar-refractivity contribution in [3.63, 3.8) is 0 Å². The van der Waals surface area contributed by atoms with E-state index in [0.717, 1.165) is 16.5 Å². The molecule has 0 aliphatic carbocycles. The van der Waals surface area contributed by atoms with Crippen LogP contribution >= 0.6 is 15.9 Å². The third kappa shape index (κ3) is 3.63. The second-order valence-electron chi connectivity index (χ2n) is 4.56. The summed E-state index contributed by atoms with van der Waals surface area (Å²) in [4.78, 5) is 12.3. The van der Waals surface area contributed by atoms with Gasteiger partial charge >= 0.3 is 0 Å². The van der Waals surface area contributed by atoms with Crippen molar-refractivity contribution in [2.45, 2.75) is 19.4 Å². The van der Waals surface area contributed by atoms with Crippen LogP contribution in [0.15, 0.2) is 45.7 Å². The summed E-state index contributed by atoms with van der Waals surface area (Å²) in [5.41, 5.74) is 1.62. The van der Waals surface area contributed by atoms with Gasteiger partial charge in [-0.3, -0.25) is 4.79 Å². The van der Waals surface area contributed by atoms with Gasteiger partial charge in [0.2, 0.25) is 0 Å². The molecular weight excluding hydrogens is 322 g/mol. The van der Waals surface area contributed by atoms with E-state index in [2.05, 4.69) is 21.2 Å². The van der Waals surface area contributed by atoms with Crippen LogP contribution in [-0.4, -0.2) is 19.1 Å². The number of furan rings is 1. The van der Waals surface area contributed by atoms with Crippen molar-refractivity contribution in [3.8, 4) is 5.75 Å². The standard InChI is InChI=1S/C15H16BrNO3/c1-10(7-11-5-6-20-9-11)17-15(18)13-8-12(19-2)3-4-14(13)16/h3-6,8-10H,7H2,1-2H3,(H,17,18)/t10-/m1/s1. The third-order valence-electron chi connectivity index (χ3n) is 2.92. The summed E-state index contributed by atoms with van der Waals surface area (Å²) in [7, 11) is 1.58. The Balaban J connectivity index is 2.04. The number of halogens is 1. The lowest BCUT2D eigenvalue weighted by Crippen LogP contribution is -2.34. The topological polar surface area (TPSA) is 51.5 Å². The normalized spacial score (nSPS) is 11.9. The summed E-state index contributed by atoms with van der Waals surface area (Å²) in [6.45, 7) is 1.96. The Labute approximate surface area is 126 Å². The van der Waals surface area contributed by atoms with Crippen LogP contribution in [0.25, 0.3) is 0 Å². The maximum absolute atomic E-state index is 12.3. The van der Waals surface area contributed by atoms with Crippen molar-refractivity contribution in [1.82, 2.24) is 5.32 Å². The molecule has 0 saturated heterocycles. The maximum atomic E-state index is 12.3. The fourth-order valence-electron chi connectivity index (χ4n) is 1.92. The molecule has 0 spiro atoms. The molecule has 2 aromatic rings. The number of nitrogens with one attached hydrogen (secondary N) is 1. The molecule has 0 unspecified atom stereocenters. The molecule has 5 heteroatoms. The first-order valence-electron chi connectivity index (χ1n) is 6.25. The summed E-state index contributed by atoms with van der Waals surface area (Å²) < 4.78 is 10.9. The van der Waals surface area contributed by atoms with Gasteiger partial charge in [0.15, 0.2) is 0 Å². The van der Waals surface area contributed by atoms with Gasteiger partial charge in [-0.15, -0.1) is 0 Å². The van der Waals surface area contributed by atoms with E-state index in [4.69, 9.17) is 9.15 Å². The molecule has 0 aliphatic rings. The number of carbonyl (C=O) groups excluding carboxylic acids is 1. The van der Waals surface area contributed by atoms with Gasteiger partial charge in [-0.1, -0.05) is 0 Å². The zero-order valence-electron chi connectivity index (χ0n) is 11.4. The molecule has 1 amide bonds. The zero-order chi connectivity index (χ0) is 14.5. The molecule has 0 radical (unpaired) electrons. The lowest BCUT2D eigenvalue weighted by molar-refractivity contribution is 0.0939. The predicted octanol–water partition coefficient (Wildman–Crippen LogP) is 3.41. The lowest BCUT2D eigenvalue weighted by Gasteiger charge is -2.14. The smallest absolute Gasteiger partial charge is 0.252 e. The van der Waals surface area contributed by atoms with Gasteiger partial charge in [-0.25, -0.2) is 0 Å². The zero-order valence-corrected chi connectivity index (χ0v) is 12.9. The highest BCUT2D eigenvalue weighted by Crippen LogP contribution is 2.22. The minimum absolute atomic E-state index is 0.0122. The molecule has 1 aromatic heterocycles. The number of hydrogen-bond donors (Lipinski definition) is 1. The van der Waals surface area contributed by atoms with Gasteiger partial charge in [0.05, 0.1) is 25.2 Å². The molecule has 20 heavy (non-hydrogen) atoms. The molecule has 106 valence electrons. The first-order chi connectivity index (χ1) is 9.60. The Bertz CT molecular complexity index is 581. The Morgan fingerprint density at radius 3 is 2.90 bits per heavy atom. The van der Waals surface area contributed by atoms with E-state index in [1.807, 2.05) is 13.0 Å². The summed E-state index contributed by atoms with van der Waals surface area (Å²) in [6, 6.07) is 7.22. The molecule has 2 rings (SSSR count). The van der Waals surface area contributed by atoms with Crippen molar-refractivity contribution in [2.24, 2.45) is 0 Å². The van der Waals surface area contributed by atoms with Crippen molar-refractivity contribution in [1.29, 1.82) is 0 Å². The molecule has 1 heterocycles. The number of benzene rings is 1. The molecule has 1 N–H and O–H groups in total. The SMILES string of the molecule is COc1ccc(Br)c(C(=O)N[C@H](C)Cc2ccoc2)c1. The third-order valence-corrected chi connectivity index (χ3v) is 3.61. The van der Waals surface area contributed by atoms with E-state index < -0.39 is 0 Å². The van der Waals surface area contributed by atoms with Gasteiger partial charge in [0, 0.05) is 10.5 Å². The van der Waals surface area contributed by atoms with Gasteiger partial charge < -0.3 is 14.5 Å². The van der Waals surface area contributed by atoms with Crippen molar-refractivity contribution >= 4 is 21.8 Å². The Kier molecular flexibility index (Phi) is 4.84. The van der Waals surface area contributed by atoms with E-state index in [0.29, 0.717) is 11.3 Å². The molecule has 1 atom stereocenters. The van der Waals surface area contributed by atoms with Gasteiger partial charge in [0.1, 0.15) is 5.75 Å². The lowest BCUT2D eigenvalue weighted by atomic mass is 10.1. The Morgan fingerprint density at radius 2 is 2.25 bits per heavy atom. The van der Waals surface area contributed by atoms with Gasteiger partial charge in [-0.05, 0) is 59.1 Å². The largest absolute Gasteiger partial charge is 0.497 e. The van der Waals surface area contributed by atoms with E-state index in [1.165, 1.54) is 0 Å². The maximum Gasteiger partial charge on any atom is 0.252 e. The number of carbonyl (C=O) groups is 1. The van der Waals surface area contributed by atoms with Crippen LogP contribution in [0.3, 0.4) is 0 Å². The van der Waals surface area contributed by atoms with Crippen LogP contribution in [0.1, 0.15) is 22.8 Å². The first kappa shape index (κ1) is 14.7. The quantitative estimate of drug-likeness (QED) is 0.909. The minimum atomic E-state index is -0.133. The molecule has 0 saturated carbocycles. The summed E-state index contributed by atoms with van der Waals surface area (Å²) in [5, 5.41) is 2.96. The van der Waals surface area contributed by atoms with Gasteiger partial charge in [0.25, 0.3) is 5.91 Å². The van der Waals surface area contributed by atoms with Crippen LogP contribution in [0, 0.1) is 0 Å². The van der Waals surface area contributed by atoms with E-state index in [1.54, 1.807) is 37.8 Å². The Hall–Kier alpha value is -1.75. The summed E-state index contributed by atoms with van der Waals surface area (Å²) >= 11 is 3.38. The van der Waals surface area contributed by atoms with Crippen molar-refractivity contribution < 1.29 is 13.9 Å². The summed E-state index contributed by atoms with van der Waals surface area (Å²) in [5.74, 6) is 0.521.